The summed E-state index contributed by atoms with van der Waals surface area (Å²) in [6.45, 7) is 2.22. The molecule has 1 nitrogen and oxygen atoms in total. The van der Waals surface area contributed by atoms with Crippen LogP contribution in [0.15, 0.2) is 16.9 Å². The molecule has 2 rings (SSSR count). The zero-order valence-electron chi connectivity index (χ0n) is 4.85. The molecule has 1 atom stereocenters. The largest absolute Gasteiger partial charge is 0.472 e. The molecule has 0 aliphatic heterocycles. The molecule has 8 heavy (non-hydrogen) atoms. The van der Waals surface area contributed by atoms with Crippen molar-refractivity contribution in [2.24, 2.45) is 0 Å². The molecule has 0 radical (unpaired) electrons. The number of hydrogen-bond donors (Lipinski definition) is 0. The van der Waals surface area contributed by atoms with Crippen molar-refractivity contribution >= 4 is 0 Å². The zero-order valence-corrected chi connectivity index (χ0v) is 4.85. The van der Waals surface area contributed by atoms with Crippen LogP contribution in [0.1, 0.15) is 24.0 Å². The minimum atomic E-state index is 0.753. The van der Waals surface area contributed by atoms with Gasteiger partial charge in [-0.05, 0) is 23.5 Å². The van der Waals surface area contributed by atoms with E-state index in [1.807, 2.05) is 12.5 Å². The predicted molar refractivity (Wildman–Crippen MR) is 30.8 cm³/mol. The zero-order chi connectivity index (χ0) is 5.56. The number of rotatable bonds is 0. The van der Waals surface area contributed by atoms with Crippen LogP contribution in [0.5, 0.6) is 0 Å². The SMILES string of the molecule is CC1Cc2cocc21. The highest BCUT2D eigenvalue weighted by Gasteiger charge is 2.23. The number of hydrogen-bond acceptors (Lipinski definition) is 1. The molecule has 0 bridgehead atoms. The van der Waals surface area contributed by atoms with Gasteiger partial charge in [0.25, 0.3) is 0 Å². The summed E-state index contributed by atoms with van der Waals surface area (Å²) >= 11 is 0. The van der Waals surface area contributed by atoms with Gasteiger partial charge < -0.3 is 4.42 Å². The lowest BCUT2D eigenvalue weighted by atomic mass is 9.83. The van der Waals surface area contributed by atoms with E-state index in [1.165, 1.54) is 17.5 Å². The van der Waals surface area contributed by atoms with Gasteiger partial charge in [-0.3, -0.25) is 0 Å². The molecule has 1 aliphatic carbocycles. The van der Waals surface area contributed by atoms with E-state index in [1.54, 1.807) is 0 Å². The Kier molecular flexibility index (Phi) is 0.608. The van der Waals surface area contributed by atoms with Gasteiger partial charge in [0.2, 0.25) is 0 Å². The van der Waals surface area contributed by atoms with Crippen LogP contribution in [0.2, 0.25) is 0 Å². The molecule has 0 saturated carbocycles. The van der Waals surface area contributed by atoms with Crippen molar-refractivity contribution in [2.45, 2.75) is 19.3 Å². The minimum Gasteiger partial charge on any atom is -0.472 e. The first-order valence-electron chi connectivity index (χ1n) is 2.93. The Morgan fingerprint density at radius 1 is 1.62 bits per heavy atom. The number of furan rings is 1. The average molecular weight is 108 g/mol. The Hall–Kier alpha value is -0.720. The second-order valence-corrected chi connectivity index (χ2v) is 2.46. The molecule has 0 amide bonds. The van der Waals surface area contributed by atoms with Crippen molar-refractivity contribution in [1.29, 1.82) is 0 Å². The van der Waals surface area contributed by atoms with Gasteiger partial charge in [-0.2, -0.15) is 0 Å². The van der Waals surface area contributed by atoms with E-state index >= 15 is 0 Å². The third-order valence-corrected chi connectivity index (χ3v) is 1.83. The molecule has 0 N–H and O–H groups in total. The summed E-state index contributed by atoms with van der Waals surface area (Å²) in [6.07, 6.45) is 4.91. The summed E-state index contributed by atoms with van der Waals surface area (Å²) < 4.78 is 4.98. The molecule has 1 aromatic heterocycles. The first-order valence-corrected chi connectivity index (χ1v) is 2.93. The van der Waals surface area contributed by atoms with E-state index < -0.39 is 0 Å². The monoisotopic (exact) mass is 108 g/mol. The Morgan fingerprint density at radius 2 is 2.50 bits per heavy atom. The maximum absolute atomic E-state index is 4.98. The molecule has 1 heterocycles. The summed E-state index contributed by atoms with van der Waals surface area (Å²) in [5.41, 5.74) is 2.81. The molecule has 0 fully saturated rings. The molecule has 0 saturated heterocycles. The summed E-state index contributed by atoms with van der Waals surface area (Å²) in [6, 6.07) is 0. The van der Waals surface area contributed by atoms with Gasteiger partial charge in [0.15, 0.2) is 0 Å². The van der Waals surface area contributed by atoms with E-state index in [0.717, 1.165) is 5.92 Å². The highest BCUT2D eigenvalue weighted by Crippen LogP contribution is 2.34. The van der Waals surface area contributed by atoms with E-state index in [9.17, 15) is 0 Å². The second-order valence-electron chi connectivity index (χ2n) is 2.46. The van der Waals surface area contributed by atoms with Gasteiger partial charge in [0, 0.05) is 0 Å². The van der Waals surface area contributed by atoms with E-state index in [2.05, 4.69) is 6.92 Å². The third kappa shape index (κ3) is 0.324. The third-order valence-electron chi connectivity index (χ3n) is 1.83. The summed E-state index contributed by atoms with van der Waals surface area (Å²) in [7, 11) is 0. The smallest absolute Gasteiger partial charge is 0.0940 e. The summed E-state index contributed by atoms with van der Waals surface area (Å²) in [4.78, 5) is 0. The lowest BCUT2D eigenvalue weighted by Crippen LogP contribution is -2.09. The van der Waals surface area contributed by atoms with Crippen LogP contribution in [0, 0.1) is 0 Å². The topological polar surface area (TPSA) is 13.1 Å². The first kappa shape index (κ1) is 4.19. The van der Waals surface area contributed by atoms with Gasteiger partial charge in [-0.1, -0.05) is 6.92 Å². The molecule has 1 unspecified atom stereocenters. The quantitative estimate of drug-likeness (QED) is 0.495. The van der Waals surface area contributed by atoms with E-state index in [0.29, 0.717) is 0 Å². The van der Waals surface area contributed by atoms with Crippen LogP contribution in [0.4, 0.5) is 0 Å². The maximum Gasteiger partial charge on any atom is 0.0940 e. The van der Waals surface area contributed by atoms with Crippen molar-refractivity contribution in [1.82, 2.24) is 0 Å². The van der Waals surface area contributed by atoms with Gasteiger partial charge in [-0.25, -0.2) is 0 Å². The molecule has 1 aliphatic rings. The van der Waals surface area contributed by atoms with Crippen molar-refractivity contribution < 1.29 is 4.42 Å². The fourth-order valence-corrected chi connectivity index (χ4v) is 1.24. The molecule has 1 aromatic rings. The lowest BCUT2D eigenvalue weighted by Gasteiger charge is -2.19. The molecule has 1 heteroatoms. The fraction of sp³-hybridized carbons (Fsp3) is 0.429. The predicted octanol–water partition coefficient (Wildman–Crippen LogP) is 1.94. The molecule has 0 aromatic carbocycles. The van der Waals surface area contributed by atoms with Crippen LogP contribution in [-0.2, 0) is 6.42 Å². The Balaban J connectivity index is 2.53. The van der Waals surface area contributed by atoms with Crippen molar-refractivity contribution in [3.8, 4) is 0 Å². The molecular weight excluding hydrogens is 100 g/mol. The maximum atomic E-state index is 4.98. The van der Waals surface area contributed by atoms with Crippen molar-refractivity contribution in [3.05, 3.63) is 23.7 Å². The first-order chi connectivity index (χ1) is 3.88. The molecule has 0 spiro atoms. The van der Waals surface area contributed by atoms with Crippen LogP contribution in [0.3, 0.4) is 0 Å². The van der Waals surface area contributed by atoms with Gasteiger partial charge in [0.05, 0.1) is 12.5 Å². The summed E-state index contributed by atoms with van der Waals surface area (Å²) in [5, 5.41) is 0. The highest BCUT2D eigenvalue weighted by molar-refractivity contribution is 5.34. The van der Waals surface area contributed by atoms with E-state index in [-0.39, 0.29) is 0 Å². The van der Waals surface area contributed by atoms with Crippen molar-refractivity contribution in [2.75, 3.05) is 0 Å². The number of fused-ring (bicyclic) bond motifs is 1. The van der Waals surface area contributed by atoms with Gasteiger partial charge >= 0.3 is 0 Å². The van der Waals surface area contributed by atoms with E-state index in [4.69, 9.17) is 4.42 Å². The normalized spacial score (nSPS) is 24.4. The Labute approximate surface area is 48.3 Å². The summed E-state index contributed by atoms with van der Waals surface area (Å²) in [5.74, 6) is 0.753. The van der Waals surface area contributed by atoms with Crippen LogP contribution >= 0.6 is 0 Å². The second kappa shape index (κ2) is 1.16. The average Bonchev–Trinajstić information content (AvgIpc) is 2.09. The lowest BCUT2D eigenvalue weighted by molar-refractivity contribution is 0.565. The molecule has 42 valence electrons. The highest BCUT2D eigenvalue weighted by atomic mass is 16.3. The standard InChI is InChI=1S/C7H8O/c1-5-2-6-3-8-4-7(5)6/h3-5H,2H2,1H3. The Bertz CT molecular complexity index is 200. The van der Waals surface area contributed by atoms with Crippen LogP contribution in [-0.4, -0.2) is 0 Å². The minimum absolute atomic E-state index is 0.753. The fourth-order valence-electron chi connectivity index (χ4n) is 1.24. The van der Waals surface area contributed by atoms with Crippen LogP contribution < -0.4 is 0 Å². The van der Waals surface area contributed by atoms with Gasteiger partial charge in [0.1, 0.15) is 0 Å². The Morgan fingerprint density at radius 3 is 3.00 bits per heavy atom. The van der Waals surface area contributed by atoms with Gasteiger partial charge in [-0.15, -0.1) is 0 Å². The molecular formula is C7H8O. The van der Waals surface area contributed by atoms with Crippen LogP contribution in [0.25, 0.3) is 0 Å². The van der Waals surface area contributed by atoms with Crippen molar-refractivity contribution in [3.63, 3.8) is 0 Å².